The Morgan fingerprint density at radius 3 is 3.12 bits per heavy atom. The Labute approximate surface area is 147 Å². The van der Waals surface area contributed by atoms with Crippen molar-refractivity contribution < 1.29 is 9.53 Å². The van der Waals surface area contributed by atoms with Gasteiger partial charge in [0, 0.05) is 36.6 Å². The van der Waals surface area contributed by atoms with Crippen LogP contribution in [0.1, 0.15) is 18.9 Å². The smallest absolute Gasteiger partial charge is 0.214 e. The zero-order valence-corrected chi connectivity index (χ0v) is 14.3. The van der Waals surface area contributed by atoms with Gasteiger partial charge in [-0.05, 0) is 37.6 Å². The molecule has 1 unspecified atom stereocenters. The van der Waals surface area contributed by atoms with Crippen molar-refractivity contribution in [3.63, 3.8) is 0 Å². The first-order valence-electron chi connectivity index (χ1n) is 8.67. The van der Waals surface area contributed by atoms with Gasteiger partial charge in [-0.25, -0.2) is 4.98 Å². The fourth-order valence-corrected chi connectivity index (χ4v) is 3.49. The van der Waals surface area contributed by atoms with Gasteiger partial charge in [0.05, 0.1) is 24.5 Å². The van der Waals surface area contributed by atoms with Crippen LogP contribution in [0.2, 0.25) is 0 Å². The van der Waals surface area contributed by atoms with Crippen LogP contribution in [0.15, 0.2) is 36.5 Å². The second kappa shape index (κ2) is 6.72. The van der Waals surface area contributed by atoms with Crippen LogP contribution in [0.3, 0.4) is 0 Å². The first kappa shape index (κ1) is 15.9. The van der Waals surface area contributed by atoms with E-state index in [0.29, 0.717) is 12.6 Å². The minimum atomic E-state index is 0.405. The van der Waals surface area contributed by atoms with Gasteiger partial charge < -0.3 is 19.9 Å². The largest absolute Gasteiger partial charge is 0.380 e. The average molecular weight is 338 g/mol. The van der Waals surface area contributed by atoms with Gasteiger partial charge in [0.2, 0.25) is 6.41 Å². The van der Waals surface area contributed by atoms with Crippen molar-refractivity contribution in [3.05, 3.63) is 42.1 Å². The van der Waals surface area contributed by atoms with Gasteiger partial charge in [0.25, 0.3) is 0 Å². The summed E-state index contributed by atoms with van der Waals surface area (Å²) in [5.74, 6) is 0.803. The third kappa shape index (κ3) is 3.05. The van der Waals surface area contributed by atoms with Gasteiger partial charge in [0.1, 0.15) is 5.82 Å². The number of carbonyl (C=O) groups is 1. The van der Waals surface area contributed by atoms with Crippen LogP contribution in [-0.2, 0) is 16.1 Å². The molecule has 1 fully saturated rings. The zero-order valence-electron chi connectivity index (χ0n) is 14.3. The summed E-state index contributed by atoms with van der Waals surface area (Å²) in [6.07, 6.45) is 3.65. The minimum Gasteiger partial charge on any atom is -0.380 e. The summed E-state index contributed by atoms with van der Waals surface area (Å²) in [4.78, 5) is 20.2. The molecule has 1 amide bonds. The van der Waals surface area contributed by atoms with Crippen molar-refractivity contribution in [3.8, 4) is 0 Å². The number of benzene rings is 1. The number of nitrogens with zero attached hydrogens (tertiary/aromatic N) is 3. The number of carbonyl (C=O) groups excluding carboxylic acids is 1. The molecule has 1 atom stereocenters. The highest BCUT2D eigenvalue weighted by Gasteiger charge is 2.23. The number of hydrogen-bond acceptors (Lipinski definition) is 5. The lowest BCUT2D eigenvalue weighted by molar-refractivity contribution is -0.107. The monoisotopic (exact) mass is 338 g/mol. The van der Waals surface area contributed by atoms with E-state index in [1.807, 2.05) is 18.2 Å². The molecule has 0 bridgehead atoms. The van der Waals surface area contributed by atoms with E-state index in [1.165, 1.54) is 0 Å². The quantitative estimate of drug-likeness (QED) is 0.853. The topological polar surface area (TPSA) is 57.7 Å². The van der Waals surface area contributed by atoms with E-state index in [-0.39, 0.29) is 0 Å². The van der Waals surface area contributed by atoms with Crippen molar-refractivity contribution >= 4 is 29.3 Å². The Kier molecular flexibility index (Phi) is 4.28. The van der Waals surface area contributed by atoms with Crippen LogP contribution in [-0.4, -0.2) is 37.2 Å². The normalized spacial score (nSPS) is 20.0. The zero-order chi connectivity index (χ0) is 17.2. The van der Waals surface area contributed by atoms with Gasteiger partial charge >= 0.3 is 0 Å². The molecule has 130 valence electrons. The Morgan fingerprint density at radius 2 is 2.24 bits per heavy atom. The van der Waals surface area contributed by atoms with Crippen LogP contribution in [0.5, 0.6) is 0 Å². The van der Waals surface area contributed by atoms with Crippen LogP contribution in [0, 0.1) is 0 Å². The summed E-state index contributed by atoms with van der Waals surface area (Å²) < 4.78 is 5.60. The van der Waals surface area contributed by atoms with E-state index in [9.17, 15) is 4.79 Å². The molecule has 1 saturated heterocycles. The SMILES string of the molecule is CC1CCOCCN1c1ccc2c(c1)N(C=O)Cc1cccnc1N2. The van der Waals surface area contributed by atoms with Crippen LogP contribution in [0.25, 0.3) is 0 Å². The molecule has 0 radical (unpaired) electrons. The van der Waals surface area contributed by atoms with Crippen LogP contribution >= 0.6 is 0 Å². The van der Waals surface area contributed by atoms with Crippen molar-refractivity contribution in [1.82, 2.24) is 4.98 Å². The van der Waals surface area contributed by atoms with Gasteiger partial charge in [-0.2, -0.15) is 0 Å². The Bertz CT molecular complexity index is 780. The standard InChI is InChI=1S/C19H22N4O2/c1-14-6-9-25-10-8-23(14)16-4-5-17-18(11-16)22(13-24)12-15-3-2-7-20-19(15)21-17/h2-5,7,11,13-14H,6,8-10,12H2,1H3,(H,20,21). The van der Waals surface area contributed by atoms with E-state index in [1.54, 1.807) is 11.1 Å². The lowest BCUT2D eigenvalue weighted by Crippen LogP contribution is -2.34. The van der Waals surface area contributed by atoms with E-state index in [2.05, 4.69) is 34.3 Å². The molecule has 4 rings (SSSR count). The molecule has 0 spiro atoms. The van der Waals surface area contributed by atoms with E-state index >= 15 is 0 Å². The van der Waals surface area contributed by atoms with Crippen molar-refractivity contribution in [1.29, 1.82) is 0 Å². The summed E-state index contributed by atoms with van der Waals surface area (Å²) in [5.41, 5.74) is 3.89. The maximum atomic E-state index is 11.7. The molecule has 0 saturated carbocycles. The van der Waals surface area contributed by atoms with Crippen molar-refractivity contribution in [2.45, 2.75) is 25.9 Å². The van der Waals surface area contributed by atoms with Gasteiger partial charge in [-0.1, -0.05) is 6.07 Å². The third-order valence-corrected chi connectivity index (χ3v) is 4.92. The summed E-state index contributed by atoms with van der Waals surface area (Å²) in [7, 11) is 0. The molecule has 2 aromatic rings. The fraction of sp³-hybridized carbons (Fsp3) is 0.368. The molecule has 1 aromatic heterocycles. The molecule has 2 aliphatic heterocycles. The number of ether oxygens (including phenoxy) is 1. The van der Waals surface area contributed by atoms with Crippen LogP contribution < -0.4 is 15.1 Å². The molecule has 1 N–H and O–H groups in total. The maximum Gasteiger partial charge on any atom is 0.214 e. The summed E-state index contributed by atoms with van der Waals surface area (Å²) in [6.45, 7) is 5.11. The van der Waals surface area contributed by atoms with Gasteiger partial charge in [-0.15, -0.1) is 0 Å². The highest BCUT2D eigenvalue weighted by atomic mass is 16.5. The third-order valence-electron chi connectivity index (χ3n) is 4.92. The molecule has 6 nitrogen and oxygen atoms in total. The first-order chi connectivity index (χ1) is 12.3. The average Bonchev–Trinajstić information content (AvgIpc) is 2.94. The Hall–Kier alpha value is -2.60. The Morgan fingerprint density at radius 1 is 1.32 bits per heavy atom. The predicted octanol–water partition coefficient (Wildman–Crippen LogP) is 2.92. The van der Waals surface area contributed by atoms with Crippen molar-refractivity contribution in [2.75, 3.05) is 34.9 Å². The number of pyridine rings is 1. The molecule has 0 aliphatic carbocycles. The highest BCUT2D eigenvalue weighted by Crippen LogP contribution is 2.37. The minimum absolute atomic E-state index is 0.405. The van der Waals surface area contributed by atoms with E-state index < -0.39 is 0 Å². The number of aromatic nitrogens is 1. The fourth-order valence-electron chi connectivity index (χ4n) is 3.49. The van der Waals surface area contributed by atoms with Gasteiger partial charge in [0.15, 0.2) is 0 Å². The Balaban J connectivity index is 1.73. The van der Waals surface area contributed by atoms with E-state index in [0.717, 1.165) is 61.0 Å². The van der Waals surface area contributed by atoms with Crippen molar-refractivity contribution in [2.24, 2.45) is 0 Å². The van der Waals surface area contributed by atoms with E-state index in [4.69, 9.17) is 4.74 Å². The lowest BCUT2D eigenvalue weighted by atomic mass is 10.1. The molecular weight excluding hydrogens is 316 g/mol. The predicted molar refractivity (Wildman–Crippen MR) is 98.5 cm³/mol. The number of hydrogen-bond donors (Lipinski definition) is 1. The molecule has 6 heteroatoms. The number of fused-ring (bicyclic) bond motifs is 2. The number of amides is 1. The maximum absolute atomic E-state index is 11.7. The number of nitrogens with one attached hydrogen (secondary N) is 1. The molecule has 1 aromatic carbocycles. The number of anilines is 4. The summed E-state index contributed by atoms with van der Waals surface area (Å²) >= 11 is 0. The molecule has 25 heavy (non-hydrogen) atoms. The lowest BCUT2D eigenvalue weighted by Gasteiger charge is -2.30. The molecule has 2 aliphatic rings. The highest BCUT2D eigenvalue weighted by molar-refractivity contribution is 5.89. The number of rotatable bonds is 2. The molecule has 3 heterocycles. The van der Waals surface area contributed by atoms with Crippen LogP contribution in [0.4, 0.5) is 22.9 Å². The summed E-state index contributed by atoms with van der Waals surface area (Å²) in [6, 6.07) is 10.5. The summed E-state index contributed by atoms with van der Waals surface area (Å²) in [5, 5.41) is 3.37. The molecular formula is C19H22N4O2. The second-order valence-corrected chi connectivity index (χ2v) is 6.51. The van der Waals surface area contributed by atoms with Gasteiger partial charge in [-0.3, -0.25) is 4.79 Å². The second-order valence-electron chi connectivity index (χ2n) is 6.51. The first-order valence-corrected chi connectivity index (χ1v) is 8.67.